The van der Waals surface area contributed by atoms with Crippen LogP contribution in [0.15, 0.2) is 97.1 Å². The highest BCUT2D eigenvalue weighted by atomic mass is 35.5. The topological polar surface area (TPSA) is 87.6 Å². The van der Waals surface area contributed by atoms with E-state index in [0.717, 1.165) is 17.2 Å². The van der Waals surface area contributed by atoms with E-state index in [0.29, 0.717) is 21.5 Å². The Morgan fingerprint density at radius 1 is 0.594 bits per heavy atom. The van der Waals surface area contributed by atoms with Crippen LogP contribution in [-0.4, -0.2) is 4.92 Å². The first-order valence-electron chi connectivity index (χ1n) is 9.36. The summed E-state index contributed by atoms with van der Waals surface area (Å²) in [6.07, 6.45) is 0. The fraction of sp³-hybridized carbons (Fsp3) is 0. The average Bonchev–Trinajstić information content (AvgIpc) is 2.79. The number of benzene rings is 4. The lowest BCUT2D eigenvalue weighted by atomic mass is 10.3. The molecule has 4 rings (SSSR count). The van der Waals surface area contributed by atoms with Gasteiger partial charge in [0.1, 0.15) is 23.0 Å². The van der Waals surface area contributed by atoms with E-state index in [1.54, 1.807) is 60.7 Å². The molecule has 162 valence electrons. The molecule has 0 radical (unpaired) electrons. The first-order chi connectivity index (χ1) is 15.4. The van der Waals surface area contributed by atoms with Crippen molar-refractivity contribution in [1.82, 2.24) is 0 Å². The minimum absolute atomic E-state index is 0.0356. The second-order valence-electron chi connectivity index (χ2n) is 6.43. The molecular weight excluding hydrogens is 451 g/mol. The number of rotatable bonds is 5. The Morgan fingerprint density at radius 3 is 1.25 bits per heavy atom. The molecular formula is C24H18Cl2N2O4. The number of non-ortho nitro benzene ring substituents is 1. The van der Waals surface area contributed by atoms with Crippen molar-refractivity contribution in [2.45, 2.75) is 0 Å². The molecule has 0 aliphatic rings. The van der Waals surface area contributed by atoms with Gasteiger partial charge < -0.3 is 15.2 Å². The van der Waals surface area contributed by atoms with Crippen LogP contribution in [0.3, 0.4) is 0 Å². The minimum Gasteiger partial charge on any atom is -0.457 e. The minimum atomic E-state index is -0.452. The maximum atomic E-state index is 10.5. The average molecular weight is 469 g/mol. The highest BCUT2D eigenvalue weighted by Gasteiger charge is 2.05. The first-order valence-corrected chi connectivity index (χ1v) is 10.1. The fourth-order valence-electron chi connectivity index (χ4n) is 2.45. The molecule has 32 heavy (non-hydrogen) atoms. The zero-order valence-corrected chi connectivity index (χ0v) is 18.2. The van der Waals surface area contributed by atoms with Gasteiger partial charge >= 0.3 is 0 Å². The van der Waals surface area contributed by atoms with E-state index in [2.05, 4.69) is 0 Å². The monoisotopic (exact) mass is 468 g/mol. The van der Waals surface area contributed by atoms with Gasteiger partial charge in [0.25, 0.3) is 5.69 Å². The quantitative estimate of drug-likeness (QED) is 0.183. The molecule has 0 unspecified atom stereocenters. The molecule has 0 amide bonds. The summed E-state index contributed by atoms with van der Waals surface area (Å²) in [6, 6.07) is 27.2. The van der Waals surface area contributed by atoms with Crippen LogP contribution in [0.1, 0.15) is 0 Å². The molecule has 4 aromatic rings. The molecule has 0 atom stereocenters. The van der Waals surface area contributed by atoms with Gasteiger partial charge in [-0.2, -0.15) is 0 Å². The number of anilines is 1. The summed E-state index contributed by atoms with van der Waals surface area (Å²) in [5.41, 5.74) is 6.32. The van der Waals surface area contributed by atoms with Gasteiger partial charge in [-0.25, -0.2) is 0 Å². The SMILES string of the molecule is Nc1ccc(Oc2ccc(Cl)cc2)cc1.O=[N+]([O-])c1ccc(Oc2ccc(Cl)cc2)cc1. The molecule has 2 N–H and O–H groups in total. The van der Waals surface area contributed by atoms with Crippen molar-refractivity contribution in [2.75, 3.05) is 5.73 Å². The van der Waals surface area contributed by atoms with Crippen LogP contribution in [-0.2, 0) is 0 Å². The third-order valence-electron chi connectivity index (χ3n) is 4.03. The summed E-state index contributed by atoms with van der Waals surface area (Å²) in [6.45, 7) is 0. The highest BCUT2D eigenvalue weighted by molar-refractivity contribution is 6.30. The third kappa shape index (κ3) is 7.19. The van der Waals surface area contributed by atoms with Gasteiger partial charge in [0.2, 0.25) is 0 Å². The van der Waals surface area contributed by atoms with Crippen LogP contribution in [0.2, 0.25) is 10.0 Å². The number of hydrogen-bond donors (Lipinski definition) is 1. The van der Waals surface area contributed by atoms with E-state index in [1.807, 2.05) is 24.3 Å². The number of nitrogen functional groups attached to an aromatic ring is 1. The summed E-state index contributed by atoms with van der Waals surface area (Å²) in [4.78, 5) is 10.0. The molecule has 4 aromatic carbocycles. The second-order valence-corrected chi connectivity index (χ2v) is 7.30. The van der Waals surface area contributed by atoms with E-state index in [-0.39, 0.29) is 5.69 Å². The summed E-state index contributed by atoms with van der Waals surface area (Å²) < 4.78 is 11.1. The van der Waals surface area contributed by atoms with Gasteiger partial charge in [-0.05, 0) is 84.9 Å². The van der Waals surface area contributed by atoms with Crippen LogP contribution < -0.4 is 15.2 Å². The molecule has 0 aromatic heterocycles. The number of nitrogens with zero attached hydrogens (tertiary/aromatic N) is 1. The Hall–Kier alpha value is -3.74. The van der Waals surface area contributed by atoms with Crippen molar-refractivity contribution in [3.8, 4) is 23.0 Å². The molecule has 0 spiro atoms. The number of nitro benzene ring substituents is 1. The standard InChI is InChI=1S/C12H8ClNO3.C12H10ClNO/c13-9-1-5-11(6-2-9)17-12-7-3-10(4-8-12)14(15)16;13-9-1-5-11(6-2-9)15-12-7-3-10(14)4-8-12/h1-8H;1-8H,14H2. The second kappa shape index (κ2) is 11.0. The Balaban J connectivity index is 0.000000182. The zero-order chi connectivity index (χ0) is 22.9. The number of halogens is 2. The van der Waals surface area contributed by atoms with E-state index in [1.165, 1.54) is 12.1 Å². The van der Waals surface area contributed by atoms with E-state index in [9.17, 15) is 10.1 Å². The van der Waals surface area contributed by atoms with Crippen molar-refractivity contribution < 1.29 is 14.4 Å². The highest BCUT2D eigenvalue weighted by Crippen LogP contribution is 2.25. The van der Waals surface area contributed by atoms with Crippen LogP contribution in [0.4, 0.5) is 11.4 Å². The van der Waals surface area contributed by atoms with Crippen LogP contribution >= 0.6 is 23.2 Å². The maximum absolute atomic E-state index is 10.5. The van der Waals surface area contributed by atoms with Crippen molar-refractivity contribution in [3.63, 3.8) is 0 Å². The van der Waals surface area contributed by atoms with E-state index in [4.69, 9.17) is 38.4 Å². The predicted molar refractivity (Wildman–Crippen MR) is 127 cm³/mol. The van der Waals surface area contributed by atoms with Crippen molar-refractivity contribution >= 4 is 34.6 Å². The fourth-order valence-corrected chi connectivity index (χ4v) is 2.70. The van der Waals surface area contributed by atoms with Crippen LogP contribution in [0.5, 0.6) is 23.0 Å². The molecule has 0 saturated carbocycles. The van der Waals surface area contributed by atoms with Gasteiger partial charge in [-0.15, -0.1) is 0 Å². The van der Waals surface area contributed by atoms with Crippen molar-refractivity contribution in [2.24, 2.45) is 0 Å². The lowest BCUT2D eigenvalue weighted by Gasteiger charge is -2.05. The smallest absolute Gasteiger partial charge is 0.269 e. The third-order valence-corrected chi connectivity index (χ3v) is 4.53. The van der Waals surface area contributed by atoms with Crippen molar-refractivity contribution in [1.29, 1.82) is 0 Å². The molecule has 0 aliphatic heterocycles. The zero-order valence-electron chi connectivity index (χ0n) is 16.7. The summed E-state index contributed by atoms with van der Waals surface area (Å²) >= 11 is 11.5. The molecule has 0 saturated heterocycles. The number of nitro groups is 1. The van der Waals surface area contributed by atoms with Gasteiger partial charge in [0.05, 0.1) is 4.92 Å². The normalized spacial score (nSPS) is 9.94. The number of ether oxygens (including phenoxy) is 2. The molecule has 0 bridgehead atoms. The van der Waals surface area contributed by atoms with Gasteiger partial charge in [0.15, 0.2) is 0 Å². The van der Waals surface area contributed by atoms with Crippen LogP contribution in [0.25, 0.3) is 0 Å². The van der Waals surface area contributed by atoms with E-state index < -0.39 is 4.92 Å². The van der Waals surface area contributed by atoms with Crippen molar-refractivity contribution in [3.05, 3.63) is 117 Å². The Kier molecular flexibility index (Phi) is 7.91. The lowest BCUT2D eigenvalue weighted by Crippen LogP contribution is -1.88. The Bertz CT molecular complexity index is 1110. The number of nitrogens with two attached hydrogens (primary N) is 1. The van der Waals surface area contributed by atoms with Gasteiger partial charge in [-0.3, -0.25) is 10.1 Å². The Labute approximate surface area is 194 Å². The predicted octanol–water partition coefficient (Wildman–Crippen LogP) is 7.76. The summed E-state index contributed by atoms with van der Waals surface area (Å²) in [5.74, 6) is 2.68. The first kappa shape index (κ1) is 22.9. The lowest BCUT2D eigenvalue weighted by molar-refractivity contribution is -0.384. The summed E-state index contributed by atoms with van der Waals surface area (Å²) in [5, 5.41) is 11.8. The molecule has 8 heteroatoms. The molecule has 6 nitrogen and oxygen atoms in total. The molecule has 0 heterocycles. The number of hydrogen-bond acceptors (Lipinski definition) is 5. The van der Waals surface area contributed by atoms with Crippen LogP contribution in [0, 0.1) is 10.1 Å². The largest absolute Gasteiger partial charge is 0.457 e. The maximum Gasteiger partial charge on any atom is 0.269 e. The summed E-state index contributed by atoms with van der Waals surface area (Å²) in [7, 11) is 0. The molecule has 0 fully saturated rings. The van der Waals surface area contributed by atoms with Gasteiger partial charge in [0, 0.05) is 27.9 Å². The Morgan fingerprint density at radius 2 is 0.906 bits per heavy atom. The van der Waals surface area contributed by atoms with Gasteiger partial charge in [-0.1, -0.05) is 23.2 Å². The van der Waals surface area contributed by atoms with E-state index >= 15 is 0 Å². The molecule has 0 aliphatic carbocycles.